The van der Waals surface area contributed by atoms with Gasteiger partial charge < -0.3 is 20.5 Å². The molecule has 0 aromatic heterocycles. The van der Waals surface area contributed by atoms with Gasteiger partial charge in [0.25, 0.3) is 0 Å². The van der Waals surface area contributed by atoms with E-state index in [4.69, 9.17) is 4.74 Å². The van der Waals surface area contributed by atoms with Gasteiger partial charge in [-0.2, -0.15) is 0 Å². The van der Waals surface area contributed by atoms with Crippen LogP contribution in [0.5, 0.6) is 0 Å². The van der Waals surface area contributed by atoms with Crippen molar-refractivity contribution in [2.24, 2.45) is 29.1 Å². The van der Waals surface area contributed by atoms with E-state index in [0.717, 1.165) is 25.7 Å². The fourth-order valence-electron chi connectivity index (χ4n) is 5.39. The Bertz CT molecular complexity index is 512. The zero-order valence-corrected chi connectivity index (χ0v) is 16.9. The molecule has 0 heterocycles. The fourth-order valence-corrected chi connectivity index (χ4v) is 5.39. The SMILES string of the molecule is COCCNC(=O)C(C)C1CCC2(C)CCC(NC(C)=O)C(C)C2C1O. The molecular formula is C20H36N2O4. The first-order valence-electron chi connectivity index (χ1n) is 9.93. The predicted octanol–water partition coefficient (Wildman–Crippen LogP) is 1.71. The second-order valence-electron chi connectivity index (χ2n) is 8.65. The Balaban J connectivity index is 2.10. The topological polar surface area (TPSA) is 87.7 Å². The largest absolute Gasteiger partial charge is 0.392 e. The minimum absolute atomic E-state index is 0.0156. The second-order valence-corrected chi connectivity index (χ2v) is 8.65. The van der Waals surface area contributed by atoms with E-state index in [1.165, 1.54) is 0 Å². The summed E-state index contributed by atoms with van der Waals surface area (Å²) in [6.07, 6.45) is 3.32. The van der Waals surface area contributed by atoms with Crippen LogP contribution in [0, 0.1) is 29.1 Å². The summed E-state index contributed by atoms with van der Waals surface area (Å²) in [5, 5.41) is 17.2. The normalized spacial score (nSPS) is 38.2. The molecule has 0 aromatic carbocycles. The van der Waals surface area contributed by atoms with Crippen molar-refractivity contribution < 1.29 is 19.4 Å². The van der Waals surface area contributed by atoms with Gasteiger partial charge in [0.1, 0.15) is 0 Å². The Morgan fingerprint density at radius 2 is 1.96 bits per heavy atom. The molecule has 3 N–H and O–H groups in total. The number of methoxy groups -OCH3 is 1. The first-order valence-corrected chi connectivity index (χ1v) is 9.93. The van der Waals surface area contributed by atoms with E-state index in [2.05, 4.69) is 24.5 Å². The smallest absolute Gasteiger partial charge is 0.223 e. The van der Waals surface area contributed by atoms with Gasteiger partial charge in [-0.25, -0.2) is 0 Å². The second kappa shape index (κ2) is 8.70. The highest BCUT2D eigenvalue weighted by molar-refractivity contribution is 5.78. The molecule has 2 aliphatic carbocycles. The lowest BCUT2D eigenvalue weighted by atomic mass is 9.51. The highest BCUT2D eigenvalue weighted by Crippen LogP contribution is 2.55. The number of fused-ring (bicyclic) bond motifs is 1. The number of aliphatic hydroxyl groups excluding tert-OH is 1. The van der Waals surface area contributed by atoms with E-state index in [0.29, 0.717) is 13.2 Å². The number of aliphatic hydroxyl groups is 1. The van der Waals surface area contributed by atoms with Gasteiger partial charge in [-0.3, -0.25) is 9.59 Å². The zero-order chi connectivity index (χ0) is 19.5. The lowest BCUT2D eigenvalue weighted by molar-refractivity contribution is -0.143. The minimum Gasteiger partial charge on any atom is -0.392 e. The van der Waals surface area contributed by atoms with Gasteiger partial charge in [-0.1, -0.05) is 20.8 Å². The van der Waals surface area contributed by atoms with Crippen LogP contribution in [-0.4, -0.2) is 49.3 Å². The van der Waals surface area contributed by atoms with Gasteiger partial charge in [-0.15, -0.1) is 0 Å². The summed E-state index contributed by atoms with van der Waals surface area (Å²) in [6.45, 7) is 8.84. The van der Waals surface area contributed by atoms with Gasteiger partial charge in [0, 0.05) is 32.5 Å². The molecule has 2 amide bonds. The third-order valence-corrected chi connectivity index (χ3v) is 6.94. The van der Waals surface area contributed by atoms with Crippen molar-refractivity contribution >= 4 is 11.8 Å². The van der Waals surface area contributed by atoms with Crippen molar-refractivity contribution in [3.63, 3.8) is 0 Å². The number of amides is 2. The Kier molecular flexibility index (Phi) is 7.08. The molecular weight excluding hydrogens is 332 g/mol. The molecule has 0 aliphatic heterocycles. The minimum atomic E-state index is -0.525. The maximum atomic E-state index is 12.5. The lowest BCUT2D eigenvalue weighted by Crippen LogP contribution is -2.58. The maximum Gasteiger partial charge on any atom is 0.223 e. The van der Waals surface area contributed by atoms with Crippen LogP contribution in [0.25, 0.3) is 0 Å². The van der Waals surface area contributed by atoms with Gasteiger partial charge in [0.05, 0.1) is 12.7 Å². The molecule has 0 aromatic rings. The van der Waals surface area contributed by atoms with E-state index in [1.807, 2.05) is 6.92 Å². The lowest BCUT2D eigenvalue weighted by Gasteiger charge is -2.56. The van der Waals surface area contributed by atoms with Gasteiger partial charge in [0.2, 0.25) is 11.8 Å². The number of hydrogen-bond donors (Lipinski definition) is 3. The van der Waals surface area contributed by atoms with Crippen LogP contribution in [0.4, 0.5) is 0 Å². The Labute approximate surface area is 157 Å². The monoisotopic (exact) mass is 368 g/mol. The summed E-state index contributed by atoms with van der Waals surface area (Å²) in [4.78, 5) is 24.0. The molecule has 7 atom stereocenters. The first kappa shape index (κ1) is 21.2. The Morgan fingerprint density at radius 1 is 1.31 bits per heavy atom. The van der Waals surface area contributed by atoms with E-state index in [1.54, 1.807) is 14.0 Å². The van der Waals surface area contributed by atoms with Crippen LogP contribution in [0.2, 0.25) is 0 Å². The average Bonchev–Trinajstić information content (AvgIpc) is 2.57. The summed E-state index contributed by atoms with van der Waals surface area (Å²) in [7, 11) is 1.61. The number of carbonyl (C=O) groups excluding carboxylic acids is 2. The number of ether oxygens (including phenoxy) is 1. The molecule has 6 heteroatoms. The third-order valence-electron chi connectivity index (χ3n) is 6.94. The molecule has 2 saturated carbocycles. The van der Waals surface area contributed by atoms with Crippen molar-refractivity contribution in [1.82, 2.24) is 10.6 Å². The molecule has 0 bridgehead atoms. The first-order chi connectivity index (χ1) is 12.2. The molecule has 0 spiro atoms. The van der Waals surface area contributed by atoms with Crippen LogP contribution in [0.1, 0.15) is 53.4 Å². The van der Waals surface area contributed by atoms with Gasteiger partial charge >= 0.3 is 0 Å². The Morgan fingerprint density at radius 3 is 2.58 bits per heavy atom. The molecule has 7 unspecified atom stereocenters. The van der Waals surface area contributed by atoms with Crippen molar-refractivity contribution in [2.75, 3.05) is 20.3 Å². The van der Waals surface area contributed by atoms with E-state index in [9.17, 15) is 14.7 Å². The van der Waals surface area contributed by atoms with Gasteiger partial charge in [-0.05, 0) is 48.9 Å². The van der Waals surface area contributed by atoms with Crippen LogP contribution in [-0.2, 0) is 14.3 Å². The van der Waals surface area contributed by atoms with E-state index >= 15 is 0 Å². The van der Waals surface area contributed by atoms with Crippen molar-refractivity contribution in [2.45, 2.75) is 65.5 Å². The standard InChI is InChI=1S/C20H36N2O4/c1-12(19(25)21-10-11-26-5)15-6-8-20(4)9-7-16(22-14(3)23)13(2)17(20)18(15)24/h12-13,15-18,24H,6-11H2,1-5H3,(H,21,25)(H,22,23). The molecule has 6 nitrogen and oxygen atoms in total. The third kappa shape index (κ3) is 4.39. The van der Waals surface area contributed by atoms with E-state index < -0.39 is 6.10 Å². The van der Waals surface area contributed by atoms with E-state index in [-0.39, 0.29) is 46.9 Å². The number of carbonyl (C=O) groups is 2. The molecule has 2 aliphatic rings. The molecule has 2 fully saturated rings. The summed E-state index contributed by atoms with van der Waals surface area (Å²) in [6, 6.07) is 0.102. The van der Waals surface area contributed by atoms with Crippen LogP contribution >= 0.6 is 0 Å². The average molecular weight is 369 g/mol. The quantitative estimate of drug-likeness (QED) is 0.623. The summed E-state index contributed by atoms with van der Waals surface area (Å²) in [5.41, 5.74) is 0.0799. The van der Waals surface area contributed by atoms with Crippen molar-refractivity contribution in [3.8, 4) is 0 Å². The summed E-state index contributed by atoms with van der Waals surface area (Å²) >= 11 is 0. The fraction of sp³-hybridized carbons (Fsp3) is 0.900. The molecule has 26 heavy (non-hydrogen) atoms. The van der Waals surface area contributed by atoms with Crippen LogP contribution < -0.4 is 10.6 Å². The Hall–Kier alpha value is -1.14. The highest BCUT2D eigenvalue weighted by atomic mass is 16.5. The number of nitrogens with one attached hydrogen (secondary N) is 2. The molecule has 2 rings (SSSR count). The summed E-state index contributed by atoms with van der Waals surface area (Å²) < 4.78 is 4.98. The summed E-state index contributed by atoms with van der Waals surface area (Å²) in [5.74, 6) is -0.0241. The van der Waals surface area contributed by atoms with Crippen molar-refractivity contribution in [1.29, 1.82) is 0 Å². The predicted molar refractivity (Wildman–Crippen MR) is 100 cm³/mol. The van der Waals surface area contributed by atoms with Gasteiger partial charge in [0.15, 0.2) is 0 Å². The van der Waals surface area contributed by atoms with Crippen LogP contribution in [0.3, 0.4) is 0 Å². The molecule has 0 saturated heterocycles. The van der Waals surface area contributed by atoms with Crippen LogP contribution in [0.15, 0.2) is 0 Å². The number of hydrogen-bond acceptors (Lipinski definition) is 4. The zero-order valence-electron chi connectivity index (χ0n) is 16.9. The molecule has 0 radical (unpaired) electrons. The molecule has 150 valence electrons. The van der Waals surface area contributed by atoms with Crippen molar-refractivity contribution in [3.05, 3.63) is 0 Å². The number of rotatable bonds is 6. The maximum absolute atomic E-state index is 12.5. The highest BCUT2D eigenvalue weighted by Gasteiger charge is 2.53.